The van der Waals surface area contributed by atoms with E-state index in [2.05, 4.69) is 5.32 Å². The first-order valence-corrected chi connectivity index (χ1v) is 8.30. The van der Waals surface area contributed by atoms with Crippen LogP contribution in [0.3, 0.4) is 0 Å². The van der Waals surface area contributed by atoms with Gasteiger partial charge in [-0.15, -0.1) is 0 Å². The number of nitriles is 1. The van der Waals surface area contributed by atoms with Crippen molar-refractivity contribution < 1.29 is 23.5 Å². The molecule has 144 valence electrons. The van der Waals surface area contributed by atoms with Crippen LogP contribution in [0.25, 0.3) is 6.08 Å². The van der Waals surface area contributed by atoms with E-state index in [1.165, 1.54) is 30.3 Å². The van der Waals surface area contributed by atoms with Crippen LogP contribution in [0.1, 0.15) is 12.5 Å². The molecule has 0 aliphatic heterocycles. The molecule has 0 atom stereocenters. The number of para-hydroxylation sites is 1. The molecule has 2 rings (SSSR count). The van der Waals surface area contributed by atoms with Crippen LogP contribution in [0.5, 0.6) is 11.5 Å². The Morgan fingerprint density at radius 3 is 2.61 bits per heavy atom. The number of carbonyl (C=O) groups is 2. The van der Waals surface area contributed by atoms with Gasteiger partial charge in [-0.25, -0.2) is 4.39 Å². The van der Waals surface area contributed by atoms with Gasteiger partial charge < -0.3 is 20.5 Å². The number of ether oxygens (including phenoxy) is 2. The van der Waals surface area contributed by atoms with E-state index < -0.39 is 17.6 Å². The van der Waals surface area contributed by atoms with Crippen molar-refractivity contribution in [3.63, 3.8) is 0 Å². The molecule has 0 fully saturated rings. The van der Waals surface area contributed by atoms with E-state index in [9.17, 15) is 19.2 Å². The van der Waals surface area contributed by atoms with Crippen LogP contribution in [0.15, 0.2) is 48.0 Å². The normalized spacial score (nSPS) is 10.7. The predicted octanol–water partition coefficient (Wildman–Crippen LogP) is 2.63. The Kier molecular flexibility index (Phi) is 7.11. The van der Waals surface area contributed by atoms with Gasteiger partial charge >= 0.3 is 0 Å². The number of nitrogens with one attached hydrogen (secondary N) is 1. The summed E-state index contributed by atoms with van der Waals surface area (Å²) < 4.78 is 24.4. The highest BCUT2D eigenvalue weighted by Gasteiger charge is 2.13. The highest BCUT2D eigenvalue weighted by Crippen LogP contribution is 2.29. The molecule has 0 heterocycles. The quantitative estimate of drug-likeness (QED) is 0.537. The number of nitrogens with two attached hydrogens (primary N) is 1. The highest BCUT2D eigenvalue weighted by molar-refractivity contribution is 6.09. The van der Waals surface area contributed by atoms with Crippen LogP contribution in [0.4, 0.5) is 10.1 Å². The number of carbonyl (C=O) groups excluding carboxylic acids is 2. The minimum absolute atomic E-state index is 0.0288. The summed E-state index contributed by atoms with van der Waals surface area (Å²) in [6, 6.07) is 12.1. The zero-order chi connectivity index (χ0) is 20.5. The maximum Gasteiger partial charge on any atom is 0.266 e. The highest BCUT2D eigenvalue weighted by atomic mass is 19.1. The number of primary amides is 1. The van der Waals surface area contributed by atoms with Gasteiger partial charge in [0.05, 0.1) is 12.3 Å². The van der Waals surface area contributed by atoms with Crippen molar-refractivity contribution >= 4 is 23.6 Å². The third-order valence-electron chi connectivity index (χ3n) is 3.44. The lowest BCUT2D eigenvalue weighted by molar-refractivity contribution is -0.120. The summed E-state index contributed by atoms with van der Waals surface area (Å²) in [4.78, 5) is 23.2. The molecule has 3 N–H and O–H groups in total. The summed E-state index contributed by atoms with van der Waals surface area (Å²) in [5.74, 6) is -1.37. The number of hydrogen-bond donors (Lipinski definition) is 2. The number of nitrogens with zero attached hydrogens (tertiary/aromatic N) is 1. The van der Waals surface area contributed by atoms with E-state index in [1.807, 2.05) is 0 Å². The molecule has 0 aliphatic carbocycles. The number of halogens is 1. The van der Waals surface area contributed by atoms with Gasteiger partial charge in [0.25, 0.3) is 11.8 Å². The van der Waals surface area contributed by atoms with Crippen molar-refractivity contribution in [3.8, 4) is 17.6 Å². The SMILES string of the molecule is CCOc1cc(/C=C(\C#N)C(=O)Nc2ccccc2F)ccc1OCC(N)=O. The molecule has 0 bridgehead atoms. The molecule has 2 aromatic carbocycles. The zero-order valence-corrected chi connectivity index (χ0v) is 15.1. The lowest BCUT2D eigenvalue weighted by Crippen LogP contribution is -2.20. The zero-order valence-electron chi connectivity index (χ0n) is 15.1. The lowest BCUT2D eigenvalue weighted by atomic mass is 10.1. The standard InChI is InChI=1S/C20H18FN3O4/c1-2-27-18-10-13(7-8-17(18)28-12-19(23)25)9-14(11-22)20(26)24-16-6-4-3-5-15(16)21/h3-10H,2,12H2,1H3,(H2,23,25)(H,24,26)/b14-9+. The van der Waals surface area contributed by atoms with Crippen molar-refractivity contribution in [2.24, 2.45) is 5.73 Å². The maximum absolute atomic E-state index is 13.7. The summed E-state index contributed by atoms with van der Waals surface area (Å²) in [6.07, 6.45) is 1.33. The first kappa shape index (κ1) is 20.5. The number of benzene rings is 2. The Bertz CT molecular complexity index is 951. The first-order chi connectivity index (χ1) is 13.4. The number of rotatable bonds is 8. The van der Waals surface area contributed by atoms with Crippen molar-refractivity contribution in [3.05, 3.63) is 59.4 Å². The Labute approximate surface area is 161 Å². The average Bonchev–Trinajstić information content (AvgIpc) is 2.67. The second-order valence-corrected chi connectivity index (χ2v) is 5.50. The molecule has 2 aromatic rings. The predicted molar refractivity (Wildman–Crippen MR) is 101 cm³/mol. The maximum atomic E-state index is 13.7. The van der Waals surface area contributed by atoms with Gasteiger partial charge in [-0.2, -0.15) is 5.26 Å². The van der Waals surface area contributed by atoms with Crippen LogP contribution in [-0.2, 0) is 9.59 Å². The van der Waals surface area contributed by atoms with Gasteiger partial charge in [0.2, 0.25) is 0 Å². The molecule has 8 heteroatoms. The second kappa shape index (κ2) is 9.73. The van der Waals surface area contributed by atoms with E-state index in [0.717, 1.165) is 0 Å². The smallest absolute Gasteiger partial charge is 0.266 e. The van der Waals surface area contributed by atoms with Crippen LogP contribution >= 0.6 is 0 Å². The van der Waals surface area contributed by atoms with Gasteiger partial charge in [0.15, 0.2) is 18.1 Å². The van der Waals surface area contributed by atoms with Crippen LogP contribution in [-0.4, -0.2) is 25.0 Å². The minimum Gasteiger partial charge on any atom is -0.490 e. The molecular weight excluding hydrogens is 365 g/mol. The average molecular weight is 383 g/mol. The summed E-state index contributed by atoms with van der Waals surface area (Å²) in [6.45, 7) is 1.78. The van der Waals surface area contributed by atoms with Crippen LogP contribution in [0.2, 0.25) is 0 Å². The molecular formula is C20H18FN3O4. The van der Waals surface area contributed by atoms with E-state index in [-0.39, 0.29) is 17.9 Å². The molecule has 0 aliphatic rings. The molecule has 0 spiro atoms. The molecule has 0 aromatic heterocycles. The Balaban J connectivity index is 2.26. The van der Waals surface area contributed by atoms with Crippen molar-refractivity contribution in [1.82, 2.24) is 0 Å². The minimum atomic E-state index is -0.750. The first-order valence-electron chi connectivity index (χ1n) is 8.30. The van der Waals surface area contributed by atoms with E-state index in [0.29, 0.717) is 23.7 Å². The largest absolute Gasteiger partial charge is 0.490 e. The third-order valence-corrected chi connectivity index (χ3v) is 3.44. The summed E-state index contributed by atoms with van der Waals surface area (Å²) >= 11 is 0. The van der Waals surface area contributed by atoms with Crippen molar-refractivity contribution in [1.29, 1.82) is 5.26 Å². The van der Waals surface area contributed by atoms with Crippen LogP contribution in [0, 0.1) is 17.1 Å². The van der Waals surface area contributed by atoms with E-state index in [1.54, 1.807) is 31.2 Å². The topological polar surface area (TPSA) is 114 Å². The molecule has 7 nitrogen and oxygen atoms in total. The van der Waals surface area contributed by atoms with Gasteiger partial charge in [-0.1, -0.05) is 18.2 Å². The second-order valence-electron chi connectivity index (χ2n) is 5.50. The summed E-state index contributed by atoms with van der Waals surface area (Å²) in [5.41, 5.74) is 5.29. The fraction of sp³-hybridized carbons (Fsp3) is 0.150. The van der Waals surface area contributed by atoms with Crippen molar-refractivity contribution in [2.45, 2.75) is 6.92 Å². The monoisotopic (exact) mass is 383 g/mol. The Morgan fingerprint density at radius 2 is 1.96 bits per heavy atom. The molecule has 2 amide bonds. The molecule has 0 unspecified atom stereocenters. The lowest BCUT2D eigenvalue weighted by Gasteiger charge is -2.11. The summed E-state index contributed by atoms with van der Waals surface area (Å²) in [7, 11) is 0. The Hall–Kier alpha value is -3.86. The number of anilines is 1. The van der Waals surface area contributed by atoms with Gasteiger partial charge in [-0.3, -0.25) is 9.59 Å². The van der Waals surface area contributed by atoms with Crippen molar-refractivity contribution in [2.75, 3.05) is 18.5 Å². The van der Waals surface area contributed by atoms with Gasteiger partial charge in [0.1, 0.15) is 17.5 Å². The van der Waals surface area contributed by atoms with Gasteiger partial charge in [-0.05, 0) is 42.8 Å². The Morgan fingerprint density at radius 1 is 1.21 bits per heavy atom. The molecule has 28 heavy (non-hydrogen) atoms. The van der Waals surface area contributed by atoms with Crippen LogP contribution < -0.4 is 20.5 Å². The molecule has 0 saturated carbocycles. The number of amides is 2. The fourth-order valence-corrected chi connectivity index (χ4v) is 2.22. The number of hydrogen-bond acceptors (Lipinski definition) is 5. The van der Waals surface area contributed by atoms with E-state index >= 15 is 0 Å². The van der Waals surface area contributed by atoms with Gasteiger partial charge in [0, 0.05) is 0 Å². The molecule has 0 radical (unpaired) electrons. The summed E-state index contributed by atoms with van der Waals surface area (Å²) in [5, 5.41) is 11.7. The van der Waals surface area contributed by atoms with E-state index in [4.69, 9.17) is 15.2 Å². The fourth-order valence-electron chi connectivity index (χ4n) is 2.22. The third kappa shape index (κ3) is 5.57. The molecule has 0 saturated heterocycles.